The van der Waals surface area contributed by atoms with Gasteiger partial charge in [-0.25, -0.2) is 9.78 Å². The van der Waals surface area contributed by atoms with Crippen molar-refractivity contribution in [3.63, 3.8) is 0 Å². The molecule has 1 aromatic heterocycles. The lowest BCUT2D eigenvalue weighted by Crippen LogP contribution is -1.95. The van der Waals surface area contributed by atoms with Crippen LogP contribution >= 0.6 is 0 Å². The first-order valence-corrected chi connectivity index (χ1v) is 4.40. The normalized spacial score (nSPS) is 10.0. The molecule has 2 rings (SSSR count). The van der Waals surface area contributed by atoms with E-state index in [2.05, 4.69) is 9.97 Å². The molecule has 0 aliphatic rings. The van der Waals surface area contributed by atoms with Gasteiger partial charge in [0.25, 0.3) is 6.01 Å². The van der Waals surface area contributed by atoms with Crippen LogP contribution in [0.25, 0.3) is 0 Å². The number of imidazole rings is 1. The van der Waals surface area contributed by atoms with Gasteiger partial charge in [0, 0.05) is 0 Å². The molecule has 16 heavy (non-hydrogen) atoms. The van der Waals surface area contributed by atoms with Gasteiger partial charge in [-0.05, 0) is 24.3 Å². The number of hydrogen-bond donors (Lipinski definition) is 3. The maximum atomic E-state index is 10.6. The van der Waals surface area contributed by atoms with Crippen molar-refractivity contribution in [1.29, 1.82) is 0 Å². The molecule has 0 saturated carbocycles. The zero-order valence-corrected chi connectivity index (χ0v) is 8.04. The van der Waals surface area contributed by atoms with Gasteiger partial charge in [-0.2, -0.15) is 0 Å². The van der Waals surface area contributed by atoms with Gasteiger partial charge in [0.2, 0.25) is 0 Å². The Balaban J connectivity index is 2.14. The minimum Gasteiger partial charge on any atom is -0.508 e. The largest absolute Gasteiger partial charge is 0.508 e. The Morgan fingerprint density at radius 1 is 1.31 bits per heavy atom. The van der Waals surface area contributed by atoms with E-state index in [0.29, 0.717) is 5.75 Å². The number of carbonyl (C=O) groups is 1. The van der Waals surface area contributed by atoms with Gasteiger partial charge in [-0.15, -0.1) is 0 Å². The predicted molar refractivity (Wildman–Crippen MR) is 53.7 cm³/mol. The second kappa shape index (κ2) is 3.93. The van der Waals surface area contributed by atoms with Crippen LogP contribution < -0.4 is 4.74 Å². The molecule has 0 amide bonds. The fourth-order valence-electron chi connectivity index (χ4n) is 1.09. The van der Waals surface area contributed by atoms with Crippen molar-refractivity contribution in [2.75, 3.05) is 0 Å². The molecule has 0 saturated heterocycles. The molecule has 0 unspecified atom stereocenters. The number of aromatic amines is 1. The highest BCUT2D eigenvalue weighted by molar-refractivity contribution is 5.85. The van der Waals surface area contributed by atoms with Crippen molar-refractivity contribution < 1.29 is 19.7 Å². The topological polar surface area (TPSA) is 95.4 Å². The van der Waals surface area contributed by atoms with E-state index in [9.17, 15) is 4.79 Å². The molecule has 1 heterocycles. The van der Waals surface area contributed by atoms with Crippen molar-refractivity contribution in [2.24, 2.45) is 0 Å². The van der Waals surface area contributed by atoms with Crippen molar-refractivity contribution in [3.05, 3.63) is 36.2 Å². The second-order valence-corrected chi connectivity index (χ2v) is 3.00. The highest BCUT2D eigenvalue weighted by Gasteiger charge is 2.08. The number of H-pyrrole nitrogens is 1. The minimum absolute atomic E-state index is 0.0474. The molecule has 2 aromatic rings. The maximum Gasteiger partial charge on any atom is 0.354 e. The van der Waals surface area contributed by atoms with E-state index in [4.69, 9.17) is 14.9 Å². The number of hydrogen-bond acceptors (Lipinski definition) is 4. The van der Waals surface area contributed by atoms with Gasteiger partial charge in [0.15, 0.2) is 0 Å². The Bertz CT molecular complexity index is 504. The molecule has 0 atom stereocenters. The van der Waals surface area contributed by atoms with Crippen LogP contribution in [0.4, 0.5) is 0 Å². The van der Waals surface area contributed by atoms with Crippen LogP contribution in [-0.4, -0.2) is 26.2 Å². The Morgan fingerprint density at radius 2 is 2.00 bits per heavy atom. The lowest BCUT2D eigenvalue weighted by atomic mass is 10.3. The van der Waals surface area contributed by atoms with E-state index in [0.717, 1.165) is 6.20 Å². The predicted octanol–water partition coefficient (Wildman–Crippen LogP) is 1.61. The Morgan fingerprint density at radius 3 is 2.56 bits per heavy atom. The fraction of sp³-hybridized carbons (Fsp3) is 0. The van der Waals surface area contributed by atoms with Crippen LogP contribution in [0.1, 0.15) is 10.5 Å². The number of aromatic carboxylic acids is 1. The number of aromatic nitrogens is 2. The summed E-state index contributed by atoms with van der Waals surface area (Å²) in [6, 6.07) is 6.08. The summed E-state index contributed by atoms with van der Waals surface area (Å²) in [6.45, 7) is 0. The number of nitrogens with zero attached hydrogens (tertiary/aromatic N) is 1. The van der Waals surface area contributed by atoms with E-state index in [1.165, 1.54) is 24.3 Å². The number of benzene rings is 1. The average molecular weight is 220 g/mol. The van der Waals surface area contributed by atoms with Gasteiger partial charge in [-0.1, -0.05) is 0 Å². The zero-order valence-electron chi connectivity index (χ0n) is 8.04. The SMILES string of the molecule is O=C(O)c1cnc(Oc2ccc(O)cc2)[nH]1. The summed E-state index contributed by atoms with van der Waals surface area (Å²) in [7, 11) is 0. The number of carboxylic acid groups (broad SMARTS) is 1. The Labute approximate surface area is 90.1 Å². The lowest BCUT2D eigenvalue weighted by Gasteiger charge is -2.00. The summed E-state index contributed by atoms with van der Waals surface area (Å²) >= 11 is 0. The van der Waals surface area contributed by atoms with E-state index >= 15 is 0 Å². The third-order valence-electron chi connectivity index (χ3n) is 1.83. The number of nitrogens with one attached hydrogen (secondary N) is 1. The van der Waals surface area contributed by atoms with Crippen LogP contribution in [-0.2, 0) is 0 Å². The molecule has 6 heteroatoms. The monoisotopic (exact) mass is 220 g/mol. The number of aromatic hydroxyl groups is 1. The molecule has 0 spiro atoms. The molecule has 0 fully saturated rings. The van der Waals surface area contributed by atoms with Crippen LogP contribution in [0, 0.1) is 0 Å². The van der Waals surface area contributed by atoms with E-state index < -0.39 is 5.97 Å². The number of ether oxygens (including phenoxy) is 1. The highest BCUT2D eigenvalue weighted by Crippen LogP contribution is 2.20. The van der Waals surface area contributed by atoms with Crippen LogP contribution in [0.3, 0.4) is 0 Å². The molecule has 1 aromatic carbocycles. The van der Waals surface area contributed by atoms with Gasteiger partial charge < -0.3 is 19.9 Å². The summed E-state index contributed by atoms with van der Waals surface area (Å²) < 4.78 is 5.22. The van der Waals surface area contributed by atoms with Crippen LogP contribution in [0.5, 0.6) is 17.5 Å². The van der Waals surface area contributed by atoms with Crippen LogP contribution in [0.15, 0.2) is 30.5 Å². The molecule has 0 radical (unpaired) electrons. The fourth-order valence-corrected chi connectivity index (χ4v) is 1.09. The Hall–Kier alpha value is -2.50. The lowest BCUT2D eigenvalue weighted by molar-refractivity contribution is 0.0690. The highest BCUT2D eigenvalue weighted by atomic mass is 16.5. The molecule has 0 bridgehead atoms. The molecular formula is C10H8N2O4. The molecule has 82 valence electrons. The average Bonchev–Trinajstić information content (AvgIpc) is 2.70. The number of phenols is 1. The molecule has 0 aliphatic carbocycles. The number of carboxylic acids is 1. The first-order chi connectivity index (χ1) is 7.65. The van der Waals surface area contributed by atoms with Crippen molar-refractivity contribution in [1.82, 2.24) is 9.97 Å². The van der Waals surface area contributed by atoms with E-state index in [1.54, 1.807) is 0 Å². The molecule has 3 N–H and O–H groups in total. The van der Waals surface area contributed by atoms with Crippen molar-refractivity contribution in [3.8, 4) is 17.5 Å². The van der Waals surface area contributed by atoms with Gasteiger partial charge in [0.1, 0.15) is 17.2 Å². The summed E-state index contributed by atoms with van der Waals surface area (Å²) in [5.41, 5.74) is -0.0474. The summed E-state index contributed by atoms with van der Waals surface area (Å²) in [5, 5.41) is 17.7. The van der Waals surface area contributed by atoms with Crippen LogP contribution in [0.2, 0.25) is 0 Å². The molecular weight excluding hydrogens is 212 g/mol. The third-order valence-corrected chi connectivity index (χ3v) is 1.83. The number of phenolic OH excluding ortho intramolecular Hbond substituents is 1. The van der Waals surface area contributed by atoms with E-state index in [1.807, 2.05) is 0 Å². The molecule has 6 nitrogen and oxygen atoms in total. The van der Waals surface area contributed by atoms with Gasteiger partial charge in [0.05, 0.1) is 6.20 Å². The van der Waals surface area contributed by atoms with Crippen molar-refractivity contribution in [2.45, 2.75) is 0 Å². The number of rotatable bonds is 3. The Kier molecular flexibility index (Phi) is 2.47. The molecule has 0 aliphatic heterocycles. The first kappa shape index (κ1) is 10.0. The standard InChI is InChI=1S/C10H8N2O4/c13-6-1-3-7(4-2-6)16-10-11-5-8(12-10)9(14)15/h1-5,13H,(H,11,12)(H,14,15). The minimum atomic E-state index is -1.10. The smallest absolute Gasteiger partial charge is 0.354 e. The van der Waals surface area contributed by atoms with Gasteiger partial charge >= 0.3 is 5.97 Å². The zero-order chi connectivity index (χ0) is 11.5. The summed E-state index contributed by atoms with van der Waals surface area (Å²) in [6.07, 6.45) is 1.16. The van der Waals surface area contributed by atoms with Crippen molar-refractivity contribution >= 4 is 5.97 Å². The summed E-state index contributed by atoms with van der Waals surface area (Å²) in [4.78, 5) is 16.8. The maximum absolute atomic E-state index is 10.6. The van der Waals surface area contributed by atoms with Gasteiger partial charge in [-0.3, -0.25) is 0 Å². The quantitative estimate of drug-likeness (QED) is 0.730. The first-order valence-electron chi connectivity index (χ1n) is 4.40. The second-order valence-electron chi connectivity index (χ2n) is 3.00. The summed E-state index contributed by atoms with van der Waals surface area (Å²) in [5.74, 6) is -0.532. The van der Waals surface area contributed by atoms with E-state index in [-0.39, 0.29) is 17.5 Å². The third kappa shape index (κ3) is 2.11.